The Morgan fingerprint density at radius 1 is 1.03 bits per heavy atom. The molecular formula is C24H25ClN2O5. The molecule has 8 heteroatoms. The molecule has 7 nitrogen and oxygen atoms in total. The van der Waals surface area contributed by atoms with E-state index in [1.165, 1.54) is 18.9 Å². The molecule has 0 saturated carbocycles. The second kappa shape index (κ2) is 10.3. The number of methoxy groups -OCH3 is 2. The van der Waals surface area contributed by atoms with Crippen molar-refractivity contribution in [3.8, 4) is 22.7 Å². The van der Waals surface area contributed by atoms with Gasteiger partial charge in [-0.15, -0.1) is 0 Å². The standard InChI is InChI=1S/C24H25ClN2O5/c1-15(2)12-13-32-19-11-10-16(14-18(19)25)21-20(23(28)30-3)22(24(29)31-4)27(26-21)17-8-6-5-7-9-17/h5-11,14-15H,12-13H2,1-4H3. The lowest BCUT2D eigenvalue weighted by molar-refractivity contribution is 0.0549. The van der Waals surface area contributed by atoms with Crippen LogP contribution in [0.3, 0.4) is 0 Å². The number of para-hydroxylation sites is 1. The summed E-state index contributed by atoms with van der Waals surface area (Å²) in [7, 11) is 2.48. The van der Waals surface area contributed by atoms with E-state index in [-0.39, 0.29) is 17.0 Å². The third-order valence-corrected chi connectivity index (χ3v) is 5.11. The van der Waals surface area contributed by atoms with Crippen LogP contribution in [0.2, 0.25) is 5.02 Å². The van der Waals surface area contributed by atoms with Crippen molar-refractivity contribution in [2.24, 2.45) is 5.92 Å². The van der Waals surface area contributed by atoms with Crippen LogP contribution < -0.4 is 4.74 Å². The summed E-state index contributed by atoms with van der Waals surface area (Å²) in [4.78, 5) is 25.4. The fraction of sp³-hybridized carbons (Fsp3) is 0.292. The van der Waals surface area contributed by atoms with E-state index in [2.05, 4.69) is 18.9 Å². The molecule has 0 spiro atoms. The van der Waals surface area contributed by atoms with Crippen LogP contribution in [0.1, 0.15) is 41.1 Å². The number of carbonyl (C=O) groups excluding carboxylic acids is 2. The summed E-state index contributed by atoms with van der Waals surface area (Å²) in [5, 5.41) is 4.93. The van der Waals surface area contributed by atoms with Crippen LogP contribution in [0.4, 0.5) is 0 Å². The molecule has 0 atom stereocenters. The minimum Gasteiger partial charge on any atom is -0.492 e. The number of hydrogen-bond acceptors (Lipinski definition) is 6. The number of esters is 2. The highest BCUT2D eigenvalue weighted by Crippen LogP contribution is 2.34. The molecule has 0 radical (unpaired) electrons. The van der Waals surface area contributed by atoms with E-state index in [1.54, 1.807) is 42.5 Å². The zero-order valence-corrected chi connectivity index (χ0v) is 19.2. The molecule has 1 aromatic heterocycles. The highest BCUT2D eigenvalue weighted by Gasteiger charge is 2.31. The Bertz CT molecular complexity index is 1110. The van der Waals surface area contributed by atoms with E-state index >= 15 is 0 Å². The Hall–Kier alpha value is -3.32. The molecule has 168 valence electrons. The SMILES string of the molecule is COC(=O)c1c(-c2ccc(OCCC(C)C)c(Cl)c2)nn(-c2ccccc2)c1C(=O)OC. The zero-order valence-electron chi connectivity index (χ0n) is 18.4. The number of halogens is 1. The van der Waals surface area contributed by atoms with Crippen molar-refractivity contribution in [1.29, 1.82) is 0 Å². The maximum atomic E-state index is 12.7. The predicted octanol–water partition coefficient (Wildman–Crippen LogP) is 5.19. The van der Waals surface area contributed by atoms with Crippen molar-refractivity contribution in [2.45, 2.75) is 20.3 Å². The fourth-order valence-electron chi connectivity index (χ4n) is 3.13. The largest absolute Gasteiger partial charge is 0.492 e. The Labute approximate surface area is 191 Å². The third-order valence-electron chi connectivity index (χ3n) is 4.81. The van der Waals surface area contributed by atoms with Gasteiger partial charge in [-0.2, -0.15) is 5.10 Å². The number of benzene rings is 2. The Balaban J connectivity index is 2.13. The van der Waals surface area contributed by atoms with Crippen LogP contribution in [-0.4, -0.2) is 42.5 Å². The second-order valence-electron chi connectivity index (χ2n) is 7.48. The van der Waals surface area contributed by atoms with Crippen LogP contribution in [0.5, 0.6) is 5.75 Å². The third kappa shape index (κ3) is 4.94. The van der Waals surface area contributed by atoms with E-state index < -0.39 is 11.9 Å². The first-order chi connectivity index (χ1) is 15.4. The van der Waals surface area contributed by atoms with Crippen LogP contribution in [0, 0.1) is 5.92 Å². The van der Waals surface area contributed by atoms with Crippen molar-refractivity contribution in [3.05, 3.63) is 64.8 Å². The monoisotopic (exact) mass is 456 g/mol. The van der Waals surface area contributed by atoms with Crippen molar-refractivity contribution < 1.29 is 23.8 Å². The molecule has 2 aromatic carbocycles. The highest BCUT2D eigenvalue weighted by molar-refractivity contribution is 6.32. The Kier molecular flexibility index (Phi) is 7.53. The first kappa shape index (κ1) is 23.3. The molecule has 32 heavy (non-hydrogen) atoms. The normalized spacial score (nSPS) is 10.8. The molecule has 0 N–H and O–H groups in total. The minimum atomic E-state index is -0.715. The summed E-state index contributed by atoms with van der Waals surface area (Å²) in [6.45, 7) is 4.77. The van der Waals surface area contributed by atoms with Gasteiger partial charge in [-0.1, -0.05) is 43.6 Å². The first-order valence-corrected chi connectivity index (χ1v) is 10.5. The highest BCUT2D eigenvalue weighted by atomic mass is 35.5. The quantitative estimate of drug-likeness (QED) is 0.434. The van der Waals surface area contributed by atoms with Crippen molar-refractivity contribution >= 4 is 23.5 Å². The molecule has 3 aromatic rings. The molecule has 0 fully saturated rings. The summed E-state index contributed by atoms with van der Waals surface area (Å²) in [5.41, 5.74) is 1.33. The molecular weight excluding hydrogens is 432 g/mol. The van der Waals surface area contributed by atoms with E-state index in [4.69, 9.17) is 25.8 Å². The summed E-state index contributed by atoms with van der Waals surface area (Å²) >= 11 is 6.45. The topological polar surface area (TPSA) is 79.7 Å². The van der Waals surface area contributed by atoms with Crippen molar-refractivity contribution in [1.82, 2.24) is 9.78 Å². The number of ether oxygens (including phenoxy) is 3. The van der Waals surface area contributed by atoms with Gasteiger partial charge in [-0.3, -0.25) is 0 Å². The molecule has 0 bridgehead atoms. The lowest BCUT2D eigenvalue weighted by Crippen LogP contribution is -2.15. The molecule has 1 heterocycles. The van der Waals surface area contributed by atoms with Gasteiger partial charge in [0, 0.05) is 5.56 Å². The lowest BCUT2D eigenvalue weighted by atomic mass is 10.1. The second-order valence-corrected chi connectivity index (χ2v) is 7.89. The Morgan fingerprint density at radius 3 is 2.31 bits per heavy atom. The maximum Gasteiger partial charge on any atom is 0.357 e. The maximum absolute atomic E-state index is 12.7. The van der Waals surface area contributed by atoms with Gasteiger partial charge in [0.05, 0.1) is 31.5 Å². The van der Waals surface area contributed by atoms with Gasteiger partial charge in [0.15, 0.2) is 5.69 Å². The molecule has 0 aliphatic rings. The molecule has 0 unspecified atom stereocenters. The zero-order chi connectivity index (χ0) is 23.3. The van der Waals surface area contributed by atoms with Gasteiger partial charge < -0.3 is 14.2 Å². The number of aromatic nitrogens is 2. The summed E-state index contributed by atoms with van der Waals surface area (Å²) in [5.74, 6) is -0.385. The summed E-state index contributed by atoms with van der Waals surface area (Å²) in [6, 6.07) is 14.1. The van der Waals surface area contributed by atoms with E-state index in [0.29, 0.717) is 34.5 Å². The molecule has 0 amide bonds. The van der Waals surface area contributed by atoms with Gasteiger partial charge in [0.2, 0.25) is 0 Å². The van der Waals surface area contributed by atoms with Gasteiger partial charge in [0.25, 0.3) is 0 Å². The van der Waals surface area contributed by atoms with Gasteiger partial charge in [0.1, 0.15) is 17.0 Å². The average Bonchev–Trinajstić information content (AvgIpc) is 3.20. The van der Waals surface area contributed by atoms with Crippen molar-refractivity contribution in [2.75, 3.05) is 20.8 Å². The van der Waals surface area contributed by atoms with Gasteiger partial charge in [-0.05, 0) is 42.7 Å². The van der Waals surface area contributed by atoms with Crippen LogP contribution in [-0.2, 0) is 9.47 Å². The number of carbonyl (C=O) groups is 2. The smallest absolute Gasteiger partial charge is 0.357 e. The van der Waals surface area contributed by atoms with Crippen LogP contribution >= 0.6 is 11.6 Å². The van der Waals surface area contributed by atoms with Crippen molar-refractivity contribution in [3.63, 3.8) is 0 Å². The van der Waals surface area contributed by atoms with E-state index in [1.807, 2.05) is 6.07 Å². The number of nitrogens with zero attached hydrogens (tertiary/aromatic N) is 2. The first-order valence-electron chi connectivity index (χ1n) is 10.1. The predicted molar refractivity (Wildman–Crippen MR) is 122 cm³/mol. The molecule has 0 aliphatic heterocycles. The van der Waals surface area contributed by atoms with Gasteiger partial charge >= 0.3 is 11.9 Å². The van der Waals surface area contributed by atoms with E-state index in [0.717, 1.165) is 6.42 Å². The number of hydrogen-bond donors (Lipinski definition) is 0. The van der Waals surface area contributed by atoms with Crippen LogP contribution in [0.15, 0.2) is 48.5 Å². The minimum absolute atomic E-state index is 0.00672. The van der Waals surface area contributed by atoms with Crippen LogP contribution in [0.25, 0.3) is 16.9 Å². The Morgan fingerprint density at radius 2 is 1.72 bits per heavy atom. The van der Waals surface area contributed by atoms with Gasteiger partial charge in [-0.25, -0.2) is 14.3 Å². The summed E-state index contributed by atoms with van der Waals surface area (Å²) < 4.78 is 17.0. The fourth-order valence-corrected chi connectivity index (χ4v) is 3.36. The average molecular weight is 457 g/mol. The summed E-state index contributed by atoms with van der Waals surface area (Å²) in [6.07, 6.45) is 0.897. The molecule has 3 rings (SSSR count). The lowest BCUT2D eigenvalue weighted by Gasteiger charge is -2.10. The molecule has 0 saturated heterocycles. The van der Waals surface area contributed by atoms with E-state index in [9.17, 15) is 9.59 Å². The molecule has 0 aliphatic carbocycles. The number of rotatable bonds is 8.